The summed E-state index contributed by atoms with van der Waals surface area (Å²) in [4.78, 5) is 35.6. The minimum absolute atomic E-state index is 0.0211. The van der Waals surface area contributed by atoms with E-state index in [4.69, 9.17) is 0 Å². The molecule has 2 saturated heterocycles. The number of sulfonamides is 1. The van der Waals surface area contributed by atoms with Crippen LogP contribution >= 0.6 is 0 Å². The molecule has 2 amide bonds. The first-order valence-electron chi connectivity index (χ1n) is 9.74. The van der Waals surface area contributed by atoms with Gasteiger partial charge in [0, 0.05) is 44.2 Å². The Morgan fingerprint density at radius 3 is 2.39 bits per heavy atom. The number of nitrogens with zero attached hydrogens (tertiary/aromatic N) is 4. The zero-order valence-corrected chi connectivity index (χ0v) is 17.0. The highest BCUT2D eigenvalue weighted by Crippen LogP contribution is 2.18. The van der Waals surface area contributed by atoms with Crippen molar-refractivity contribution in [2.75, 3.05) is 30.3 Å². The molecule has 0 atom stereocenters. The highest BCUT2D eigenvalue weighted by Gasteiger charge is 2.27. The number of carbonyl (C=O) groups is 2. The number of hydrogen-bond acceptors (Lipinski definition) is 7. The number of likely N-dealkylation sites (tertiary alicyclic amines) is 1. The van der Waals surface area contributed by atoms with Gasteiger partial charge in [0.25, 0.3) is 0 Å². The molecule has 0 bridgehead atoms. The predicted molar refractivity (Wildman–Crippen MR) is 104 cm³/mol. The van der Waals surface area contributed by atoms with E-state index in [9.17, 15) is 18.0 Å². The number of aromatic nitrogens is 2. The maximum absolute atomic E-state index is 12.3. The van der Waals surface area contributed by atoms with Crippen LogP contribution in [0, 0.1) is 6.92 Å². The van der Waals surface area contributed by atoms with Gasteiger partial charge in [-0.2, -0.15) is 0 Å². The van der Waals surface area contributed by atoms with Crippen LogP contribution in [0.4, 0.5) is 5.82 Å². The highest BCUT2D eigenvalue weighted by atomic mass is 32.2. The second-order valence-corrected chi connectivity index (χ2v) is 9.19. The molecule has 9 nitrogen and oxygen atoms in total. The van der Waals surface area contributed by atoms with Crippen molar-refractivity contribution in [3.63, 3.8) is 0 Å². The summed E-state index contributed by atoms with van der Waals surface area (Å²) in [7, 11) is -3.67. The van der Waals surface area contributed by atoms with Gasteiger partial charge in [0.1, 0.15) is 11.6 Å². The molecule has 1 aromatic heterocycles. The number of aryl methyl sites for hydroxylation is 1. The van der Waals surface area contributed by atoms with E-state index in [1.165, 1.54) is 6.42 Å². The number of rotatable bonds is 7. The average molecular weight is 410 g/mol. The molecule has 0 aliphatic carbocycles. The largest absolute Gasteiger partial charge is 0.357 e. The topological polar surface area (TPSA) is 113 Å². The smallest absolute Gasteiger partial charge is 0.229 e. The Bertz CT molecular complexity index is 820. The lowest BCUT2D eigenvalue weighted by Gasteiger charge is -2.28. The van der Waals surface area contributed by atoms with Gasteiger partial charge in [-0.05, 0) is 32.6 Å². The number of hydrogen-bond donors (Lipinski definition) is 1. The standard InChI is InChI=1S/C18H27N5O4S/c1-14-12-16(22-8-3-2-4-9-22)21-15(20-14)13-19-28(26,27)11-10-23-17(24)6-5-7-18(23)25/h12,19H,2-11,13H2,1H3. The lowest BCUT2D eigenvalue weighted by molar-refractivity contribution is -0.147. The van der Waals surface area contributed by atoms with Crippen LogP contribution in [0.2, 0.25) is 0 Å². The lowest BCUT2D eigenvalue weighted by atomic mass is 10.1. The Morgan fingerprint density at radius 2 is 1.71 bits per heavy atom. The zero-order chi connectivity index (χ0) is 20.1. The summed E-state index contributed by atoms with van der Waals surface area (Å²) in [6, 6.07) is 1.91. The summed E-state index contributed by atoms with van der Waals surface area (Å²) in [5, 5.41) is 0. The summed E-state index contributed by atoms with van der Waals surface area (Å²) in [5.74, 6) is 0.300. The lowest BCUT2D eigenvalue weighted by Crippen LogP contribution is -2.44. The van der Waals surface area contributed by atoms with Gasteiger partial charge >= 0.3 is 0 Å². The van der Waals surface area contributed by atoms with Crippen molar-refractivity contribution in [3.05, 3.63) is 17.6 Å². The van der Waals surface area contributed by atoms with Crippen molar-refractivity contribution in [2.24, 2.45) is 0 Å². The second-order valence-electron chi connectivity index (χ2n) is 7.26. The molecule has 154 valence electrons. The summed E-state index contributed by atoms with van der Waals surface area (Å²) < 4.78 is 27.1. The van der Waals surface area contributed by atoms with Gasteiger partial charge in [0.2, 0.25) is 21.8 Å². The van der Waals surface area contributed by atoms with E-state index in [-0.39, 0.29) is 43.5 Å². The van der Waals surface area contributed by atoms with E-state index in [2.05, 4.69) is 19.6 Å². The number of anilines is 1. The van der Waals surface area contributed by atoms with Gasteiger partial charge in [-0.25, -0.2) is 23.1 Å². The molecule has 0 aromatic carbocycles. The third kappa shape index (κ3) is 5.48. The van der Waals surface area contributed by atoms with E-state index in [0.29, 0.717) is 12.2 Å². The molecule has 0 radical (unpaired) electrons. The van der Waals surface area contributed by atoms with Gasteiger partial charge in [0.05, 0.1) is 12.3 Å². The fraction of sp³-hybridized carbons (Fsp3) is 0.667. The molecule has 0 saturated carbocycles. The number of amides is 2. The second kappa shape index (κ2) is 8.95. The van der Waals surface area contributed by atoms with Gasteiger partial charge in [-0.3, -0.25) is 14.5 Å². The fourth-order valence-corrected chi connectivity index (χ4v) is 4.40. The highest BCUT2D eigenvalue weighted by molar-refractivity contribution is 7.89. The molecular formula is C18H27N5O4S. The number of piperidine rings is 2. The summed E-state index contributed by atoms with van der Waals surface area (Å²) >= 11 is 0. The molecule has 1 aromatic rings. The number of nitrogens with one attached hydrogen (secondary N) is 1. The summed E-state index contributed by atoms with van der Waals surface area (Å²) in [5.41, 5.74) is 0.786. The van der Waals surface area contributed by atoms with Crippen LogP contribution in [-0.4, -0.2) is 60.5 Å². The van der Waals surface area contributed by atoms with E-state index in [0.717, 1.165) is 42.3 Å². The van der Waals surface area contributed by atoms with Gasteiger partial charge in [-0.15, -0.1) is 0 Å². The minimum Gasteiger partial charge on any atom is -0.357 e. The van der Waals surface area contributed by atoms with Crippen LogP contribution in [0.3, 0.4) is 0 Å². The number of carbonyl (C=O) groups excluding carboxylic acids is 2. The molecule has 2 aliphatic heterocycles. The quantitative estimate of drug-likeness (QED) is 0.661. The summed E-state index contributed by atoms with van der Waals surface area (Å²) in [6.45, 7) is 3.60. The summed E-state index contributed by atoms with van der Waals surface area (Å²) in [6.07, 6.45) is 4.57. The number of imide groups is 1. The molecule has 2 fully saturated rings. The Labute approximate surface area is 165 Å². The molecule has 0 unspecified atom stereocenters. The zero-order valence-electron chi connectivity index (χ0n) is 16.2. The fourth-order valence-electron chi connectivity index (χ4n) is 3.48. The van der Waals surface area contributed by atoms with Crippen LogP contribution in [0.15, 0.2) is 6.07 Å². The normalized spacial score (nSPS) is 18.6. The molecular weight excluding hydrogens is 382 g/mol. The van der Waals surface area contributed by atoms with Crippen LogP contribution in [0.5, 0.6) is 0 Å². The molecule has 10 heteroatoms. The van der Waals surface area contributed by atoms with Gasteiger partial charge < -0.3 is 4.90 Å². The third-order valence-electron chi connectivity index (χ3n) is 4.98. The van der Waals surface area contributed by atoms with Crippen molar-refractivity contribution in [2.45, 2.75) is 52.0 Å². The van der Waals surface area contributed by atoms with E-state index in [1.807, 2.05) is 13.0 Å². The maximum Gasteiger partial charge on any atom is 0.229 e. The molecule has 3 heterocycles. The maximum atomic E-state index is 12.3. The van der Waals surface area contributed by atoms with Gasteiger partial charge in [-0.1, -0.05) is 0 Å². The monoisotopic (exact) mass is 409 g/mol. The SMILES string of the molecule is Cc1cc(N2CCCCC2)nc(CNS(=O)(=O)CCN2C(=O)CCCC2=O)n1. The van der Waals surface area contributed by atoms with E-state index in [1.54, 1.807) is 0 Å². The molecule has 0 spiro atoms. The van der Waals surface area contributed by atoms with Crippen molar-refractivity contribution in [1.82, 2.24) is 19.6 Å². The first-order valence-corrected chi connectivity index (χ1v) is 11.4. The Balaban J connectivity index is 1.58. The van der Waals surface area contributed by atoms with Crippen LogP contribution < -0.4 is 9.62 Å². The van der Waals surface area contributed by atoms with E-state index < -0.39 is 10.0 Å². The predicted octanol–water partition coefficient (Wildman–Crippen LogP) is 0.734. The first kappa shape index (κ1) is 20.7. The molecule has 2 aliphatic rings. The Kier molecular flexibility index (Phi) is 6.61. The third-order valence-corrected chi connectivity index (χ3v) is 6.29. The Morgan fingerprint density at radius 1 is 1.04 bits per heavy atom. The van der Waals surface area contributed by atoms with Crippen molar-refractivity contribution < 1.29 is 18.0 Å². The Hall–Kier alpha value is -2.07. The van der Waals surface area contributed by atoms with Crippen LogP contribution in [-0.2, 0) is 26.2 Å². The van der Waals surface area contributed by atoms with Crippen molar-refractivity contribution >= 4 is 27.7 Å². The van der Waals surface area contributed by atoms with Crippen molar-refractivity contribution in [3.8, 4) is 0 Å². The minimum atomic E-state index is -3.67. The molecule has 3 rings (SSSR count). The molecule has 1 N–H and O–H groups in total. The average Bonchev–Trinajstić information content (AvgIpc) is 2.66. The van der Waals surface area contributed by atoms with Crippen LogP contribution in [0.1, 0.15) is 50.0 Å². The van der Waals surface area contributed by atoms with Crippen LogP contribution in [0.25, 0.3) is 0 Å². The first-order chi connectivity index (χ1) is 13.3. The van der Waals surface area contributed by atoms with Crippen molar-refractivity contribution in [1.29, 1.82) is 0 Å². The van der Waals surface area contributed by atoms with Gasteiger partial charge in [0.15, 0.2) is 0 Å². The van der Waals surface area contributed by atoms with E-state index >= 15 is 0 Å². The molecule has 28 heavy (non-hydrogen) atoms.